The molecular formula is C19H20F2N2O3. The molecule has 4 rings (SSSR count). The van der Waals surface area contributed by atoms with E-state index in [0.29, 0.717) is 19.0 Å². The maximum absolute atomic E-state index is 15.4. The average Bonchev–Trinajstić information content (AvgIpc) is 3.33. The zero-order valence-electron chi connectivity index (χ0n) is 14.5. The number of halogens is 2. The highest BCUT2D eigenvalue weighted by Gasteiger charge is 2.32. The van der Waals surface area contributed by atoms with E-state index in [-0.39, 0.29) is 22.6 Å². The van der Waals surface area contributed by atoms with Gasteiger partial charge >= 0.3 is 5.97 Å². The number of pyridine rings is 1. The number of hydrogen-bond donors (Lipinski definition) is 1. The molecule has 1 aromatic heterocycles. The third-order valence-corrected chi connectivity index (χ3v) is 5.53. The first-order valence-electron chi connectivity index (χ1n) is 8.97. The summed E-state index contributed by atoms with van der Waals surface area (Å²) in [4.78, 5) is 25.5. The van der Waals surface area contributed by atoms with Crippen LogP contribution in [-0.4, -0.2) is 28.7 Å². The molecule has 0 radical (unpaired) electrons. The second-order valence-electron chi connectivity index (χ2n) is 7.24. The van der Waals surface area contributed by atoms with Crippen LogP contribution in [0.5, 0.6) is 0 Å². The predicted molar refractivity (Wildman–Crippen MR) is 94.0 cm³/mol. The highest BCUT2D eigenvalue weighted by molar-refractivity contribution is 5.94. The fraction of sp³-hybridized carbons (Fsp3) is 0.474. The number of hydrogen-bond acceptors (Lipinski definition) is 3. The lowest BCUT2D eigenvalue weighted by molar-refractivity contribution is 0.0695. The normalized spacial score (nSPS) is 20.1. The molecule has 138 valence electrons. The van der Waals surface area contributed by atoms with Crippen LogP contribution in [0.25, 0.3) is 10.9 Å². The number of aromatic carboxylic acids is 1. The van der Waals surface area contributed by atoms with Gasteiger partial charge in [-0.1, -0.05) is 13.3 Å². The monoisotopic (exact) mass is 362 g/mol. The van der Waals surface area contributed by atoms with Crippen LogP contribution in [0.2, 0.25) is 0 Å². The van der Waals surface area contributed by atoms with Crippen molar-refractivity contribution in [3.8, 4) is 0 Å². The Kier molecular flexibility index (Phi) is 3.97. The van der Waals surface area contributed by atoms with Gasteiger partial charge in [-0.05, 0) is 31.2 Å². The van der Waals surface area contributed by atoms with Crippen molar-refractivity contribution >= 4 is 22.6 Å². The summed E-state index contributed by atoms with van der Waals surface area (Å²) in [5.41, 5.74) is -1.39. The Morgan fingerprint density at radius 2 is 2.04 bits per heavy atom. The summed E-state index contributed by atoms with van der Waals surface area (Å²) in [6.07, 6.45) is 4.59. The highest BCUT2D eigenvalue weighted by atomic mass is 19.1. The predicted octanol–water partition coefficient (Wildman–Crippen LogP) is 3.55. The van der Waals surface area contributed by atoms with E-state index in [1.165, 1.54) is 10.8 Å². The van der Waals surface area contributed by atoms with Gasteiger partial charge in [0.25, 0.3) is 0 Å². The fourth-order valence-corrected chi connectivity index (χ4v) is 3.88. The van der Waals surface area contributed by atoms with Crippen LogP contribution in [0.1, 0.15) is 49.0 Å². The lowest BCUT2D eigenvalue weighted by Gasteiger charge is -2.22. The molecule has 0 amide bonds. The van der Waals surface area contributed by atoms with Crippen LogP contribution >= 0.6 is 0 Å². The summed E-state index contributed by atoms with van der Waals surface area (Å²) in [5.74, 6) is -2.57. The van der Waals surface area contributed by atoms with Crippen molar-refractivity contribution in [3.05, 3.63) is 39.7 Å². The summed E-state index contributed by atoms with van der Waals surface area (Å²) in [7, 11) is 0. The van der Waals surface area contributed by atoms with Crippen molar-refractivity contribution in [1.29, 1.82) is 0 Å². The molecule has 5 nitrogen and oxygen atoms in total. The van der Waals surface area contributed by atoms with Gasteiger partial charge in [0, 0.05) is 25.3 Å². The summed E-state index contributed by atoms with van der Waals surface area (Å²) < 4.78 is 31.6. The number of aromatic nitrogens is 1. The van der Waals surface area contributed by atoms with E-state index in [0.717, 1.165) is 31.7 Å². The molecule has 0 spiro atoms. The van der Waals surface area contributed by atoms with Gasteiger partial charge in [0.1, 0.15) is 17.1 Å². The Bertz CT molecular complexity index is 966. The number of fused-ring (bicyclic) bond motifs is 1. The molecule has 7 heteroatoms. The molecule has 2 heterocycles. The molecule has 1 aliphatic heterocycles. The molecule has 1 aliphatic carbocycles. The highest BCUT2D eigenvalue weighted by Crippen LogP contribution is 2.40. The minimum Gasteiger partial charge on any atom is -0.477 e. The van der Waals surface area contributed by atoms with Gasteiger partial charge in [0.2, 0.25) is 5.43 Å². The average molecular weight is 362 g/mol. The lowest BCUT2D eigenvalue weighted by Crippen LogP contribution is -2.24. The first-order valence-corrected chi connectivity index (χ1v) is 8.97. The Morgan fingerprint density at radius 1 is 1.31 bits per heavy atom. The number of anilines is 1. The lowest BCUT2D eigenvalue weighted by atomic mass is 10.1. The molecule has 1 N–H and O–H groups in total. The van der Waals surface area contributed by atoms with Gasteiger partial charge in [-0.2, -0.15) is 0 Å². The standard InChI is InChI=1S/C19H20F2N2O3/c1-2-10-5-6-22(8-10)17-14(20)7-12-16(15(17)21)23(11-3-4-11)9-13(18(12)24)19(25)26/h7,9-11H,2-6,8H2,1H3,(H,25,26). The second-order valence-corrected chi connectivity index (χ2v) is 7.24. The number of carboxylic acids is 1. The molecule has 2 aromatic rings. The zero-order chi connectivity index (χ0) is 18.6. The Morgan fingerprint density at radius 3 is 2.62 bits per heavy atom. The first-order chi connectivity index (χ1) is 12.4. The molecule has 2 aliphatic rings. The summed E-state index contributed by atoms with van der Waals surface area (Å²) >= 11 is 0. The molecule has 1 aromatic carbocycles. The largest absolute Gasteiger partial charge is 0.477 e. The third kappa shape index (κ3) is 2.57. The van der Waals surface area contributed by atoms with Gasteiger partial charge in [0.15, 0.2) is 5.82 Å². The van der Waals surface area contributed by atoms with E-state index in [1.54, 1.807) is 4.90 Å². The van der Waals surface area contributed by atoms with Crippen LogP contribution in [0, 0.1) is 17.6 Å². The summed E-state index contributed by atoms with van der Waals surface area (Å²) in [5, 5.41) is 9.06. The Hall–Kier alpha value is -2.44. The van der Waals surface area contributed by atoms with E-state index in [2.05, 4.69) is 6.92 Å². The van der Waals surface area contributed by atoms with Crippen molar-refractivity contribution in [2.45, 2.75) is 38.6 Å². The molecule has 0 bridgehead atoms. The maximum Gasteiger partial charge on any atom is 0.341 e. The second kappa shape index (κ2) is 6.07. The zero-order valence-corrected chi connectivity index (χ0v) is 14.5. The van der Waals surface area contributed by atoms with Crippen LogP contribution in [-0.2, 0) is 0 Å². The molecular weight excluding hydrogens is 342 g/mol. The Balaban J connectivity index is 1.97. The van der Waals surface area contributed by atoms with Crippen molar-refractivity contribution in [3.63, 3.8) is 0 Å². The molecule has 1 atom stereocenters. The van der Waals surface area contributed by atoms with E-state index >= 15 is 4.39 Å². The van der Waals surface area contributed by atoms with Gasteiger partial charge < -0.3 is 14.6 Å². The smallest absolute Gasteiger partial charge is 0.341 e. The molecule has 1 saturated heterocycles. The van der Waals surface area contributed by atoms with E-state index in [4.69, 9.17) is 0 Å². The number of carboxylic acid groups (broad SMARTS) is 1. The van der Waals surface area contributed by atoms with E-state index in [9.17, 15) is 19.1 Å². The van der Waals surface area contributed by atoms with Gasteiger partial charge in [-0.15, -0.1) is 0 Å². The van der Waals surface area contributed by atoms with Crippen molar-refractivity contribution in [2.75, 3.05) is 18.0 Å². The summed E-state index contributed by atoms with van der Waals surface area (Å²) in [6.45, 7) is 3.20. The van der Waals surface area contributed by atoms with Crippen LogP contribution in [0.4, 0.5) is 14.5 Å². The minimum absolute atomic E-state index is 0.0128. The van der Waals surface area contributed by atoms with Crippen molar-refractivity contribution < 1.29 is 18.7 Å². The topological polar surface area (TPSA) is 62.5 Å². The van der Waals surface area contributed by atoms with Gasteiger partial charge in [0.05, 0.1) is 10.9 Å². The number of carbonyl (C=O) groups is 1. The SMILES string of the molecule is CCC1CCN(c2c(F)cc3c(=O)c(C(=O)O)cn(C4CC4)c3c2F)C1. The molecule has 2 fully saturated rings. The van der Waals surface area contributed by atoms with E-state index < -0.39 is 28.6 Å². The van der Waals surface area contributed by atoms with Crippen LogP contribution in [0.3, 0.4) is 0 Å². The third-order valence-electron chi connectivity index (χ3n) is 5.53. The molecule has 1 saturated carbocycles. The quantitative estimate of drug-likeness (QED) is 0.904. The van der Waals surface area contributed by atoms with Gasteiger partial charge in [-0.3, -0.25) is 4.79 Å². The minimum atomic E-state index is -1.39. The van der Waals surface area contributed by atoms with Crippen LogP contribution in [0.15, 0.2) is 17.1 Å². The van der Waals surface area contributed by atoms with Crippen LogP contribution < -0.4 is 10.3 Å². The fourth-order valence-electron chi connectivity index (χ4n) is 3.88. The van der Waals surface area contributed by atoms with Crippen molar-refractivity contribution in [1.82, 2.24) is 4.57 Å². The van der Waals surface area contributed by atoms with Crippen molar-refractivity contribution in [2.24, 2.45) is 5.92 Å². The Labute approximate surface area is 148 Å². The summed E-state index contributed by atoms with van der Waals surface area (Å²) in [6, 6.07) is 0.951. The molecule has 26 heavy (non-hydrogen) atoms. The van der Waals surface area contributed by atoms with E-state index in [1.807, 2.05) is 0 Å². The number of benzene rings is 1. The van der Waals surface area contributed by atoms with Gasteiger partial charge in [-0.25, -0.2) is 13.6 Å². The number of rotatable bonds is 4. The number of nitrogens with zero attached hydrogens (tertiary/aromatic N) is 2. The first kappa shape index (κ1) is 17.0. The maximum atomic E-state index is 15.4. The molecule has 1 unspecified atom stereocenters.